The molecule has 0 saturated heterocycles. The van der Waals surface area contributed by atoms with Gasteiger partial charge in [0.05, 0.1) is 24.2 Å². The van der Waals surface area contributed by atoms with Crippen molar-refractivity contribution in [3.8, 4) is 22.9 Å². The fourth-order valence-corrected chi connectivity index (χ4v) is 3.77. The van der Waals surface area contributed by atoms with Crippen molar-refractivity contribution in [2.75, 3.05) is 6.61 Å². The number of amides is 1. The van der Waals surface area contributed by atoms with Gasteiger partial charge in [-0.05, 0) is 38.1 Å². The van der Waals surface area contributed by atoms with E-state index in [9.17, 15) is 9.90 Å². The molecule has 32 heavy (non-hydrogen) atoms. The first-order valence-corrected chi connectivity index (χ1v) is 10.7. The standard InChI is InChI=1S/C23H25ClN4O4/c1-14(2)32-19-12-15(8-9-17(19)24)22-25-20(28(3)27-22)13-21(29)26-23(30)10-11-31-18-7-5-4-6-16(18)23/h4-9,12,14,30H,10-11,13H2,1-3H3,(H,26,29)/t23-/m1/s1. The van der Waals surface area contributed by atoms with E-state index < -0.39 is 5.72 Å². The minimum Gasteiger partial charge on any atom is -0.493 e. The topological polar surface area (TPSA) is 98.5 Å². The average molecular weight is 457 g/mol. The number of nitrogens with zero attached hydrogens (tertiary/aromatic N) is 3. The van der Waals surface area contributed by atoms with Crippen LogP contribution in [0.1, 0.15) is 31.7 Å². The number of aryl methyl sites for hydroxylation is 1. The monoisotopic (exact) mass is 456 g/mol. The second kappa shape index (κ2) is 8.80. The highest BCUT2D eigenvalue weighted by Gasteiger charge is 2.37. The number of carbonyl (C=O) groups excluding carboxylic acids is 1. The number of nitrogens with one attached hydrogen (secondary N) is 1. The quantitative estimate of drug-likeness (QED) is 0.553. The second-order valence-corrected chi connectivity index (χ2v) is 8.37. The average Bonchev–Trinajstić information content (AvgIpc) is 3.09. The largest absolute Gasteiger partial charge is 0.493 e. The van der Waals surface area contributed by atoms with Gasteiger partial charge in [0.15, 0.2) is 11.5 Å². The van der Waals surface area contributed by atoms with E-state index >= 15 is 0 Å². The number of halogens is 1. The highest BCUT2D eigenvalue weighted by atomic mass is 35.5. The van der Waals surface area contributed by atoms with Crippen molar-refractivity contribution in [3.05, 3.63) is 58.9 Å². The molecule has 2 heterocycles. The second-order valence-electron chi connectivity index (χ2n) is 7.97. The molecule has 2 N–H and O–H groups in total. The Morgan fingerprint density at radius 3 is 2.91 bits per heavy atom. The number of rotatable bonds is 6. The maximum Gasteiger partial charge on any atom is 0.230 e. The zero-order chi connectivity index (χ0) is 22.9. The van der Waals surface area contributed by atoms with E-state index in [2.05, 4.69) is 15.4 Å². The van der Waals surface area contributed by atoms with E-state index in [0.29, 0.717) is 40.3 Å². The van der Waals surface area contributed by atoms with Gasteiger partial charge in [0.25, 0.3) is 0 Å². The Kier molecular flexibility index (Phi) is 6.08. The molecule has 0 spiro atoms. The van der Waals surface area contributed by atoms with E-state index in [1.54, 1.807) is 48.1 Å². The van der Waals surface area contributed by atoms with Crippen LogP contribution in [-0.2, 0) is 24.0 Å². The van der Waals surface area contributed by atoms with Crippen LogP contribution in [0.4, 0.5) is 0 Å². The first-order valence-electron chi connectivity index (χ1n) is 10.4. The summed E-state index contributed by atoms with van der Waals surface area (Å²) in [4.78, 5) is 17.3. The highest BCUT2D eigenvalue weighted by Crippen LogP contribution is 2.35. The molecule has 1 aliphatic rings. The lowest BCUT2D eigenvalue weighted by molar-refractivity contribution is -0.131. The van der Waals surface area contributed by atoms with Crippen molar-refractivity contribution in [2.24, 2.45) is 7.05 Å². The van der Waals surface area contributed by atoms with Gasteiger partial charge >= 0.3 is 0 Å². The number of hydrogen-bond donors (Lipinski definition) is 2. The van der Waals surface area contributed by atoms with Crippen LogP contribution in [0, 0.1) is 0 Å². The van der Waals surface area contributed by atoms with Crippen molar-refractivity contribution in [1.82, 2.24) is 20.1 Å². The number of fused-ring (bicyclic) bond motifs is 1. The molecule has 0 radical (unpaired) electrons. The van der Waals surface area contributed by atoms with E-state index in [-0.39, 0.29) is 24.9 Å². The Morgan fingerprint density at radius 2 is 2.12 bits per heavy atom. The summed E-state index contributed by atoms with van der Waals surface area (Å²) in [6.07, 6.45) is 0.181. The lowest BCUT2D eigenvalue weighted by atomic mass is 9.96. The third-order valence-electron chi connectivity index (χ3n) is 5.12. The lowest BCUT2D eigenvalue weighted by Crippen LogP contribution is -2.49. The Balaban J connectivity index is 1.52. The molecule has 1 aromatic heterocycles. The molecule has 2 aromatic carbocycles. The number of ether oxygens (including phenoxy) is 2. The molecule has 0 fully saturated rings. The van der Waals surface area contributed by atoms with Crippen LogP contribution >= 0.6 is 11.6 Å². The Hall–Kier alpha value is -3.10. The van der Waals surface area contributed by atoms with Gasteiger partial charge in [-0.3, -0.25) is 9.48 Å². The number of aliphatic hydroxyl groups is 1. The minimum absolute atomic E-state index is 0.0279. The molecule has 1 atom stereocenters. The van der Waals surface area contributed by atoms with Gasteiger partial charge in [-0.2, -0.15) is 5.10 Å². The van der Waals surface area contributed by atoms with E-state index in [1.165, 1.54) is 0 Å². The maximum atomic E-state index is 12.8. The molecule has 1 amide bonds. The van der Waals surface area contributed by atoms with Gasteiger partial charge in [0.1, 0.15) is 17.3 Å². The van der Waals surface area contributed by atoms with E-state index in [1.807, 2.05) is 19.9 Å². The summed E-state index contributed by atoms with van der Waals surface area (Å²) in [6, 6.07) is 12.4. The van der Waals surface area contributed by atoms with Crippen LogP contribution in [0.2, 0.25) is 5.02 Å². The molecule has 4 rings (SSSR count). The lowest BCUT2D eigenvalue weighted by Gasteiger charge is -2.34. The Morgan fingerprint density at radius 1 is 1.34 bits per heavy atom. The normalized spacial score (nSPS) is 17.6. The summed E-state index contributed by atoms with van der Waals surface area (Å²) in [6.45, 7) is 4.15. The summed E-state index contributed by atoms with van der Waals surface area (Å²) in [5, 5.41) is 18.7. The molecule has 0 aliphatic carbocycles. The van der Waals surface area contributed by atoms with Crippen molar-refractivity contribution in [2.45, 2.75) is 38.5 Å². The Bertz CT molecular complexity index is 1150. The molecular formula is C23H25ClN4O4. The van der Waals surface area contributed by atoms with Gasteiger partial charge in [-0.25, -0.2) is 4.98 Å². The first-order chi connectivity index (χ1) is 15.2. The highest BCUT2D eigenvalue weighted by molar-refractivity contribution is 6.32. The molecule has 8 nitrogen and oxygen atoms in total. The van der Waals surface area contributed by atoms with Gasteiger partial charge in [0, 0.05) is 24.6 Å². The third kappa shape index (κ3) is 4.56. The van der Waals surface area contributed by atoms with Crippen LogP contribution in [0.5, 0.6) is 11.5 Å². The molecule has 0 bridgehead atoms. The predicted octanol–water partition coefficient (Wildman–Crippen LogP) is 3.21. The molecule has 0 saturated carbocycles. The number of carbonyl (C=O) groups is 1. The van der Waals surface area contributed by atoms with Gasteiger partial charge in [-0.15, -0.1) is 0 Å². The SMILES string of the molecule is CC(C)Oc1cc(-c2nc(CC(=O)N[C@@]3(O)CCOc4ccccc43)n(C)n2)ccc1Cl. The van der Waals surface area contributed by atoms with Crippen molar-refractivity contribution in [1.29, 1.82) is 0 Å². The maximum absolute atomic E-state index is 12.8. The van der Waals surface area contributed by atoms with Crippen molar-refractivity contribution in [3.63, 3.8) is 0 Å². The summed E-state index contributed by atoms with van der Waals surface area (Å²) in [7, 11) is 1.72. The third-order valence-corrected chi connectivity index (χ3v) is 5.44. The summed E-state index contributed by atoms with van der Waals surface area (Å²) >= 11 is 6.22. The van der Waals surface area contributed by atoms with Gasteiger partial charge in [0.2, 0.25) is 5.91 Å². The number of aromatic nitrogens is 3. The van der Waals surface area contributed by atoms with Crippen molar-refractivity contribution >= 4 is 17.5 Å². The summed E-state index contributed by atoms with van der Waals surface area (Å²) < 4.78 is 12.9. The predicted molar refractivity (Wildman–Crippen MR) is 120 cm³/mol. The summed E-state index contributed by atoms with van der Waals surface area (Å²) in [5.74, 6) is 1.65. The van der Waals surface area contributed by atoms with Crippen LogP contribution in [0.15, 0.2) is 42.5 Å². The first kappa shape index (κ1) is 22.1. The minimum atomic E-state index is -1.49. The Labute approximate surface area is 191 Å². The van der Waals surface area contributed by atoms with Crippen molar-refractivity contribution < 1.29 is 19.4 Å². The van der Waals surface area contributed by atoms with Crippen LogP contribution in [0.25, 0.3) is 11.4 Å². The molecule has 1 aliphatic heterocycles. The fraction of sp³-hybridized carbons (Fsp3) is 0.348. The van der Waals surface area contributed by atoms with Crippen LogP contribution in [-0.4, -0.2) is 38.5 Å². The zero-order valence-electron chi connectivity index (χ0n) is 18.1. The van der Waals surface area contributed by atoms with E-state index in [0.717, 1.165) is 5.56 Å². The summed E-state index contributed by atoms with van der Waals surface area (Å²) in [5.41, 5.74) is -0.228. The van der Waals surface area contributed by atoms with Crippen LogP contribution in [0.3, 0.4) is 0 Å². The molecule has 9 heteroatoms. The number of para-hydroxylation sites is 1. The van der Waals surface area contributed by atoms with Gasteiger partial charge < -0.3 is 19.9 Å². The van der Waals surface area contributed by atoms with Gasteiger partial charge in [-0.1, -0.05) is 29.8 Å². The fourth-order valence-electron chi connectivity index (χ4n) is 3.61. The molecule has 168 valence electrons. The molecule has 0 unspecified atom stereocenters. The van der Waals surface area contributed by atoms with E-state index in [4.69, 9.17) is 21.1 Å². The molecular weight excluding hydrogens is 432 g/mol. The smallest absolute Gasteiger partial charge is 0.230 e. The zero-order valence-corrected chi connectivity index (χ0v) is 18.9. The number of hydrogen-bond acceptors (Lipinski definition) is 6. The molecule has 3 aromatic rings. The van der Waals surface area contributed by atoms with Crippen LogP contribution < -0.4 is 14.8 Å². The number of benzene rings is 2.